The van der Waals surface area contributed by atoms with Gasteiger partial charge in [0.05, 0.1) is 12.2 Å². The van der Waals surface area contributed by atoms with Crippen molar-refractivity contribution >= 4 is 5.91 Å². The van der Waals surface area contributed by atoms with Gasteiger partial charge in [0.15, 0.2) is 0 Å². The third-order valence-corrected chi connectivity index (χ3v) is 2.26. The topological polar surface area (TPSA) is 72.4 Å². The lowest BCUT2D eigenvalue weighted by atomic mass is 10.3. The van der Waals surface area contributed by atoms with Crippen LogP contribution >= 0.6 is 0 Å². The number of carbonyl (C=O) groups is 1. The SMILES string of the molecule is Cc1cc(C(=O)N(C)Cc2cc(C)on2)on1. The summed E-state index contributed by atoms with van der Waals surface area (Å²) in [4.78, 5) is 13.4. The van der Waals surface area contributed by atoms with Gasteiger partial charge in [-0.1, -0.05) is 10.3 Å². The van der Waals surface area contributed by atoms with E-state index in [-0.39, 0.29) is 11.7 Å². The normalized spacial score (nSPS) is 10.5. The fourth-order valence-electron chi connectivity index (χ4n) is 1.46. The molecule has 2 rings (SSSR count). The predicted octanol–water partition coefficient (Wildman–Crippen LogP) is 1.55. The smallest absolute Gasteiger partial charge is 0.292 e. The van der Waals surface area contributed by atoms with E-state index in [4.69, 9.17) is 9.05 Å². The largest absolute Gasteiger partial charge is 0.361 e. The zero-order valence-electron chi connectivity index (χ0n) is 9.93. The Balaban J connectivity index is 2.05. The highest BCUT2D eigenvalue weighted by Crippen LogP contribution is 2.09. The Bertz CT molecular complexity index is 530. The Morgan fingerprint density at radius 3 is 2.59 bits per heavy atom. The van der Waals surface area contributed by atoms with E-state index in [2.05, 4.69) is 10.3 Å². The van der Waals surface area contributed by atoms with Crippen molar-refractivity contribution in [3.63, 3.8) is 0 Å². The van der Waals surface area contributed by atoms with Crippen molar-refractivity contribution in [3.8, 4) is 0 Å². The summed E-state index contributed by atoms with van der Waals surface area (Å²) < 4.78 is 9.84. The monoisotopic (exact) mass is 235 g/mol. The minimum absolute atomic E-state index is 0.227. The molecule has 0 aliphatic carbocycles. The van der Waals surface area contributed by atoms with E-state index in [1.165, 1.54) is 4.90 Å². The molecule has 6 heteroatoms. The van der Waals surface area contributed by atoms with Crippen LogP contribution < -0.4 is 0 Å². The van der Waals surface area contributed by atoms with Crippen molar-refractivity contribution in [1.82, 2.24) is 15.2 Å². The van der Waals surface area contributed by atoms with E-state index >= 15 is 0 Å². The van der Waals surface area contributed by atoms with Crippen LogP contribution in [0, 0.1) is 13.8 Å². The molecule has 2 aromatic heterocycles. The highest BCUT2D eigenvalue weighted by molar-refractivity contribution is 5.91. The summed E-state index contributed by atoms with van der Waals surface area (Å²) in [7, 11) is 1.67. The first kappa shape index (κ1) is 11.4. The minimum atomic E-state index is -0.230. The summed E-state index contributed by atoms with van der Waals surface area (Å²) >= 11 is 0. The molecule has 1 amide bonds. The van der Waals surface area contributed by atoms with Gasteiger partial charge >= 0.3 is 0 Å². The van der Waals surface area contributed by atoms with Crippen LogP contribution in [0.1, 0.15) is 27.7 Å². The molecule has 17 heavy (non-hydrogen) atoms. The van der Waals surface area contributed by atoms with Gasteiger partial charge in [-0.15, -0.1) is 0 Å². The maximum atomic E-state index is 11.9. The molecule has 0 atom stereocenters. The summed E-state index contributed by atoms with van der Waals surface area (Å²) in [6.07, 6.45) is 0. The lowest BCUT2D eigenvalue weighted by Crippen LogP contribution is -2.25. The second kappa shape index (κ2) is 4.40. The summed E-state index contributed by atoms with van der Waals surface area (Å²) in [6.45, 7) is 3.94. The van der Waals surface area contributed by atoms with Crippen LogP contribution in [-0.2, 0) is 6.54 Å². The first-order valence-electron chi connectivity index (χ1n) is 5.17. The molecule has 6 nitrogen and oxygen atoms in total. The van der Waals surface area contributed by atoms with Crippen LogP contribution in [0.3, 0.4) is 0 Å². The number of aromatic nitrogens is 2. The summed E-state index contributed by atoms with van der Waals surface area (Å²) in [6, 6.07) is 3.39. The van der Waals surface area contributed by atoms with Crippen LogP contribution in [0.5, 0.6) is 0 Å². The molecule has 0 saturated carbocycles. The van der Waals surface area contributed by atoms with Crippen LogP contribution in [0.25, 0.3) is 0 Å². The first-order valence-corrected chi connectivity index (χ1v) is 5.17. The second-order valence-corrected chi connectivity index (χ2v) is 3.92. The molecule has 0 saturated heterocycles. The van der Waals surface area contributed by atoms with Gasteiger partial charge in [0.25, 0.3) is 5.91 Å². The molecule has 0 unspecified atom stereocenters. The van der Waals surface area contributed by atoms with Crippen LogP contribution in [0.2, 0.25) is 0 Å². The van der Waals surface area contributed by atoms with Crippen molar-refractivity contribution < 1.29 is 13.8 Å². The van der Waals surface area contributed by atoms with Crippen LogP contribution in [-0.4, -0.2) is 28.2 Å². The zero-order chi connectivity index (χ0) is 12.4. The van der Waals surface area contributed by atoms with E-state index in [1.54, 1.807) is 33.0 Å². The lowest BCUT2D eigenvalue weighted by Gasteiger charge is -2.12. The second-order valence-electron chi connectivity index (χ2n) is 3.92. The van der Waals surface area contributed by atoms with Crippen molar-refractivity contribution in [2.45, 2.75) is 20.4 Å². The number of carbonyl (C=O) groups excluding carboxylic acids is 1. The van der Waals surface area contributed by atoms with Gasteiger partial charge in [-0.2, -0.15) is 0 Å². The number of amides is 1. The third kappa shape index (κ3) is 2.52. The molecule has 0 aliphatic heterocycles. The highest BCUT2D eigenvalue weighted by Gasteiger charge is 2.17. The lowest BCUT2D eigenvalue weighted by molar-refractivity contribution is 0.0740. The van der Waals surface area contributed by atoms with Gasteiger partial charge in [0.2, 0.25) is 5.76 Å². The van der Waals surface area contributed by atoms with E-state index in [9.17, 15) is 4.79 Å². The van der Waals surface area contributed by atoms with Crippen LogP contribution in [0.4, 0.5) is 0 Å². The summed E-state index contributed by atoms with van der Waals surface area (Å²) in [5.41, 5.74) is 1.38. The summed E-state index contributed by atoms with van der Waals surface area (Å²) in [5, 5.41) is 7.50. The molecule has 0 spiro atoms. The van der Waals surface area contributed by atoms with E-state index < -0.39 is 0 Å². The molecule has 0 bridgehead atoms. The van der Waals surface area contributed by atoms with Crippen molar-refractivity contribution in [3.05, 3.63) is 35.0 Å². The molecule has 0 fully saturated rings. The van der Waals surface area contributed by atoms with E-state index in [1.807, 2.05) is 0 Å². The Morgan fingerprint density at radius 1 is 1.29 bits per heavy atom. The quantitative estimate of drug-likeness (QED) is 0.807. The molecule has 0 aliphatic rings. The molecule has 0 N–H and O–H groups in total. The van der Waals surface area contributed by atoms with Crippen molar-refractivity contribution in [1.29, 1.82) is 0 Å². The maximum absolute atomic E-state index is 11.9. The Hall–Kier alpha value is -2.11. The predicted molar refractivity (Wildman–Crippen MR) is 58.3 cm³/mol. The number of hydrogen-bond acceptors (Lipinski definition) is 5. The Kier molecular flexibility index (Phi) is 2.95. The highest BCUT2D eigenvalue weighted by atomic mass is 16.5. The standard InChI is InChI=1S/C11H13N3O3/c1-7-4-10(17-12-7)11(15)14(3)6-9-5-8(2)16-13-9/h4-5H,6H2,1-3H3. The van der Waals surface area contributed by atoms with Gasteiger partial charge in [-0.25, -0.2) is 0 Å². The fraction of sp³-hybridized carbons (Fsp3) is 0.364. The zero-order valence-corrected chi connectivity index (χ0v) is 9.93. The van der Waals surface area contributed by atoms with E-state index in [0.717, 1.165) is 5.76 Å². The number of aryl methyl sites for hydroxylation is 2. The van der Waals surface area contributed by atoms with Gasteiger partial charge in [0, 0.05) is 19.2 Å². The molecular weight excluding hydrogens is 222 g/mol. The van der Waals surface area contributed by atoms with Gasteiger partial charge < -0.3 is 13.9 Å². The Morgan fingerprint density at radius 2 is 2.06 bits per heavy atom. The maximum Gasteiger partial charge on any atom is 0.292 e. The molecule has 0 radical (unpaired) electrons. The average Bonchev–Trinajstić information content (AvgIpc) is 2.87. The molecule has 2 heterocycles. The van der Waals surface area contributed by atoms with Crippen LogP contribution in [0.15, 0.2) is 21.2 Å². The molecular formula is C11H13N3O3. The average molecular weight is 235 g/mol. The third-order valence-electron chi connectivity index (χ3n) is 2.26. The van der Waals surface area contributed by atoms with Gasteiger partial charge in [-0.05, 0) is 13.8 Å². The molecule has 2 aromatic rings. The molecule has 90 valence electrons. The fourth-order valence-corrected chi connectivity index (χ4v) is 1.46. The molecule has 0 aromatic carbocycles. The number of hydrogen-bond donors (Lipinski definition) is 0. The summed E-state index contributed by atoms with van der Waals surface area (Å²) in [5.74, 6) is 0.716. The number of rotatable bonds is 3. The Labute approximate surface area is 98.2 Å². The van der Waals surface area contributed by atoms with Gasteiger partial charge in [0.1, 0.15) is 11.5 Å². The van der Waals surface area contributed by atoms with Crippen molar-refractivity contribution in [2.75, 3.05) is 7.05 Å². The first-order chi connectivity index (χ1) is 8.06. The number of nitrogens with zero attached hydrogens (tertiary/aromatic N) is 3. The van der Waals surface area contributed by atoms with Gasteiger partial charge in [-0.3, -0.25) is 4.79 Å². The minimum Gasteiger partial charge on any atom is -0.361 e. The van der Waals surface area contributed by atoms with Crippen molar-refractivity contribution in [2.24, 2.45) is 0 Å². The van der Waals surface area contributed by atoms with E-state index in [0.29, 0.717) is 17.9 Å².